The molecule has 1 atom stereocenters. The molecule has 1 saturated heterocycles. The van der Waals surface area contributed by atoms with E-state index in [1.807, 2.05) is 17.9 Å². The quantitative estimate of drug-likeness (QED) is 0.819. The van der Waals surface area contributed by atoms with Crippen molar-refractivity contribution in [3.8, 4) is 0 Å². The minimum atomic E-state index is 0.461. The fraction of sp³-hybridized carbons (Fsp3) is 0.688. The van der Waals surface area contributed by atoms with Gasteiger partial charge in [-0.1, -0.05) is 6.92 Å². The van der Waals surface area contributed by atoms with E-state index in [0.717, 1.165) is 55.1 Å². The SMILES string of the molecule is CCc1nc(N(C)CCC[C@@H]2CCCO2)c2cnn(C)c2n1. The molecule has 2 aromatic heterocycles. The van der Waals surface area contributed by atoms with Crippen molar-refractivity contribution in [2.24, 2.45) is 7.05 Å². The summed E-state index contributed by atoms with van der Waals surface area (Å²) in [6, 6.07) is 0. The summed E-state index contributed by atoms with van der Waals surface area (Å²) in [6.07, 6.45) is 7.83. The van der Waals surface area contributed by atoms with Crippen molar-refractivity contribution in [3.63, 3.8) is 0 Å². The number of anilines is 1. The summed E-state index contributed by atoms with van der Waals surface area (Å²) in [5.41, 5.74) is 0.910. The third kappa shape index (κ3) is 3.06. The first-order valence-electron chi connectivity index (χ1n) is 8.20. The number of hydrogen-bond acceptors (Lipinski definition) is 5. The van der Waals surface area contributed by atoms with Gasteiger partial charge in [-0.15, -0.1) is 0 Å². The van der Waals surface area contributed by atoms with Crippen molar-refractivity contribution in [1.82, 2.24) is 19.7 Å². The number of rotatable bonds is 6. The lowest BCUT2D eigenvalue weighted by molar-refractivity contribution is 0.103. The van der Waals surface area contributed by atoms with Crippen LogP contribution < -0.4 is 4.90 Å². The Hall–Kier alpha value is -1.69. The first-order chi connectivity index (χ1) is 10.7. The molecule has 0 N–H and O–H groups in total. The Morgan fingerprint density at radius 2 is 2.27 bits per heavy atom. The normalized spacial score (nSPS) is 18.2. The maximum Gasteiger partial charge on any atom is 0.163 e. The van der Waals surface area contributed by atoms with E-state index in [1.54, 1.807) is 0 Å². The van der Waals surface area contributed by atoms with Crippen molar-refractivity contribution >= 4 is 16.9 Å². The molecule has 3 heterocycles. The van der Waals surface area contributed by atoms with Crippen LogP contribution >= 0.6 is 0 Å². The number of aromatic nitrogens is 4. The van der Waals surface area contributed by atoms with E-state index in [2.05, 4.69) is 29.0 Å². The summed E-state index contributed by atoms with van der Waals surface area (Å²) in [7, 11) is 4.03. The summed E-state index contributed by atoms with van der Waals surface area (Å²) in [5.74, 6) is 1.86. The molecule has 2 aromatic rings. The average molecular weight is 303 g/mol. The topological polar surface area (TPSA) is 56.1 Å². The molecular formula is C16H25N5O. The molecule has 0 aliphatic carbocycles. The maximum atomic E-state index is 5.69. The first-order valence-corrected chi connectivity index (χ1v) is 8.20. The molecule has 22 heavy (non-hydrogen) atoms. The monoisotopic (exact) mass is 303 g/mol. The smallest absolute Gasteiger partial charge is 0.163 e. The van der Waals surface area contributed by atoms with Crippen molar-refractivity contribution in [1.29, 1.82) is 0 Å². The minimum Gasteiger partial charge on any atom is -0.378 e. The van der Waals surface area contributed by atoms with Gasteiger partial charge in [0.2, 0.25) is 0 Å². The Balaban J connectivity index is 1.73. The summed E-state index contributed by atoms with van der Waals surface area (Å²) in [6.45, 7) is 3.99. The van der Waals surface area contributed by atoms with Gasteiger partial charge in [-0.2, -0.15) is 5.10 Å². The van der Waals surface area contributed by atoms with Gasteiger partial charge in [0.05, 0.1) is 17.7 Å². The van der Waals surface area contributed by atoms with Crippen molar-refractivity contribution < 1.29 is 4.74 Å². The molecule has 0 amide bonds. The predicted octanol–water partition coefficient (Wildman–Crippen LogP) is 2.32. The Morgan fingerprint density at radius 3 is 3.00 bits per heavy atom. The first kappa shape index (κ1) is 15.2. The predicted molar refractivity (Wildman–Crippen MR) is 87.2 cm³/mol. The largest absolute Gasteiger partial charge is 0.378 e. The van der Waals surface area contributed by atoms with E-state index < -0.39 is 0 Å². The van der Waals surface area contributed by atoms with Crippen LogP contribution in [0.1, 0.15) is 38.4 Å². The molecule has 1 fully saturated rings. The Kier molecular flexibility index (Phi) is 4.57. The van der Waals surface area contributed by atoms with Crippen LogP contribution in [0.4, 0.5) is 5.82 Å². The lowest BCUT2D eigenvalue weighted by atomic mass is 10.1. The second kappa shape index (κ2) is 6.60. The highest BCUT2D eigenvalue weighted by Crippen LogP contribution is 2.24. The number of nitrogens with zero attached hydrogens (tertiary/aromatic N) is 5. The molecule has 3 rings (SSSR count). The number of aryl methyl sites for hydroxylation is 2. The van der Waals surface area contributed by atoms with E-state index in [4.69, 9.17) is 9.72 Å². The summed E-state index contributed by atoms with van der Waals surface area (Å²) in [4.78, 5) is 11.5. The van der Waals surface area contributed by atoms with Crippen LogP contribution in [0, 0.1) is 0 Å². The highest BCUT2D eigenvalue weighted by Gasteiger charge is 2.17. The summed E-state index contributed by atoms with van der Waals surface area (Å²) < 4.78 is 7.51. The van der Waals surface area contributed by atoms with E-state index in [0.29, 0.717) is 6.10 Å². The Bertz CT molecular complexity index is 633. The summed E-state index contributed by atoms with van der Waals surface area (Å²) >= 11 is 0. The van der Waals surface area contributed by atoms with Crippen LogP contribution in [0.15, 0.2) is 6.20 Å². The second-order valence-corrected chi connectivity index (χ2v) is 6.02. The third-order valence-corrected chi connectivity index (χ3v) is 4.34. The standard InChI is InChI=1S/C16H25N5O/c1-4-14-18-15(13-11-17-21(3)16(13)19-14)20(2)9-5-7-12-8-6-10-22-12/h11-12H,4-10H2,1-3H3/t12-/m1/s1. The fourth-order valence-electron chi connectivity index (χ4n) is 3.03. The molecule has 1 aliphatic rings. The third-order valence-electron chi connectivity index (χ3n) is 4.34. The zero-order valence-corrected chi connectivity index (χ0v) is 13.7. The van der Waals surface area contributed by atoms with Gasteiger partial charge in [-0.05, 0) is 25.7 Å². The molecule has 0 unspecified atom stereocenters. The van der Waals surface area contributed by atoms with Crippen LogP contribution in [-0.2, 0) is 18.2 Å². The highest BCUT2D eigenvalue weighted by molar-refractivity contribution is 5.86. The van der Waals surface area contributed by atoms with Gasteiger partial charge in [-0.3, -0.25) is 4.68 Å². The summed E-state index contributed by atoms with van der Waals surface area (Å²) in [5, 5.41) is 5.35. The van der Waals surface area contributed by atoms with Gasteiger partial charge in [0, 0.05) is 33.7 Å². The molecule has 0 spiro atoms. The minimum absolute atomic E-state index is 0.461. The van der Waals surface area contributed by atoms with Crippen LogP contribution in [-0.4, -0.2) is 46.1 Å². The van der Waals surface area contributed by atoms with Gasteiger partial charge in [0.25, 0.3) is 0 Å². The highest BCUT2D eigenvalue weighted by atomic mass is 16.5. The maximum absolute atomic E-state index is 5.69. The zero-order valence-electron chi connectivity index (χ0n) is 13.7. The molecule has 0 aromatic carbocycles. The van der Waals surface area contributed by atoms with Gasteiger partial charge in [0.15, 0.2) is 5.65 Å². The Labute approximate surface area is 131 Å². The number of fused-ring (bicyclic) bond motifs is 1. The van der Waals surface area contributed by atoms with Crippen molar-refractivity contribution in [3.05, 3.63) is 12.0 Å². The number of ether oxygens (including phenoxy) is 1. The van der Waals surface area contributed by atoms with E-state index in [1.165, 1.54) is 12.8 Å². The molecular weight excluding hydrogens is 278 g/mol. The molecule has 6 heteroatoms. The van der Waals surface area contributed by atoms with E-state index in [-0.39, 0.29) is 0 Å². The van der Waals surface area contributed by atoms with Crippen LogP contribution in [0.2, 0.25) is 0 Å². The van der Waals surface area contributed by atoms with E-state index in [9.17, 15) is 0 Å². The van der Waals surface area contributed by atoms with E-state index >= 15 is 0 Å². The van der Waals surface area contributed by atoms with Gasteiger partial charge in [0.1, 0.15) is 11.6 Å². The van der Waals surface area contributed by atoms with Crippen LogP contribution in [0.3, 0.4) is 0 Å². The van der Waals surface area contributed by atoms with Crippen molar-refractivity contribution in [2.45, 2.75) is 45.1 Å². The molecule has 1 aliphatic heterocycles. The molecule has 0 bridgehead atoms. The lowest BCUT2D eigenvalue weighted by Crippen LogP contribution is -2.22. The molecule has 0 radical (unpaired) electrons. The molecule has 120 valence electrons. The zero-order chi connectivity index (χ0) is 15.5. The average Bonchev–Trinajstić information content (AvgIpc) is 3.16. The van der Waals surface area contributed by atoms with Crippen LogP contribution in [0.5, 0.6) is 0 Å². The van der Waals surface area contributed by atoms with Gasteiger partial charge in [-0.25, -0.2) is 9.97 Å². The molecule has 6 nitrogen and oxygen atoms in total. The fourth-order valence-corrected chi connectivity index (χ4v) is 3.03. The van der Waals surface area contributed by atoms with Crippen LogP contribution in [0.25, 0.3) is 11.0 Å². The van der Waals surface area contributed by atoms with Gasteiger partial charge >= 0.3 is 0 Å². The Morgan fingerprint density at radius 1 is 1.41 bits per heavy atom. The lowest BCUT2D eigenvalue weighted by Gasteiger charge is -2.20. The molecule has 0 saturated carbocycles. The second-order valence-electron chi connectivity index (χ2n) is 6.02. The van der Waals surface area contributed by atoms with Crippen molar-refractivity contribution in [2.75, 3.05) is 25.1 Å². The number of hydrogen-bond donors (Lipinski definition) is 0. The van der Waals surface area contributed by atoms with Gasteiger partial charge < -0.3 is 9.64 Å².